The van der Waals surface area contributed by atoms with Gasteiger partial charge in [0.2, 0.25) is 11.8 Å². The van der Waals surface area contributed by atoms with Crippen molar-refractivity contribution in [2.24, 2.45) is 0 Å². The van der Waals surface area contributed by atoms with Gasteiger partial charge in [0.15, 0.2) is 0 Å². The molecule has 0 spiro atoms. The van der Waals surface area contributed by atoms with Gasteiger partial charge in [-0.15, -0.1) is 0 Å². The number of hydrogen-bond donors (Lipinski definition) is 1. The van der Waals surface area contributed by atoms with Crippen molar-refractivity contribution < 1.29 is 19.5 Å². The van der Waals surface area contributed by atoms with Crippen molar-refractivity contribution in [3.8, 4) is 0 Å². The summed E-state index contributed by atoms with van der Waals surface area (Å²) >= 11 is 0. The van der Waals surface area contributed by atoms with E-state index in [4.69, 9.17) is 0 Å². The zero-order valence-electron chi connectivity index (χ0n) is 14.1. The highest BCUT2D eigenvalue weighted by atomic mass is 33.1. The van der Waals surface area contributed by atoms with Crippen LogP contribution in [0.4, 0.5) is 0 Å². The third-order valence-electron chi connectivity index (χ3n) is 4.19. The van der Waals surface area contributed by atoms with Crippen molar-refractivity contribution in [1.29, 1.82) is 0 Å². The van der Waals surface area contributed by atoms with Crippen LogP contribution in [-0.4, -0.2) is 38.3 Å². The van der Waals surface area contributed by atoms with E-state index in [0.717, 1.165) is 5.01 Å². The van der Waals surface area contributed by atoms with E-state index in [9.17, 15) is 19.5 Å². The summed E-state index contributed by atoms with van der Waals surface area (Å²) in [6.07, 6.45) is 7.47. The summed E-state index contributed by atoms with van der Waals surface area (Å²) in [5.74, 6) is -1.43. The first-order chi connectivity index (χ1) is 12.4. The van der Waals surface area contributed by atoms with Gasteiger partial charge in [0.05, 0.1) is 0 Å². The van der Waals surface area contributed by atoms with Crippen LogP contribution in [0.5, 0.6) is 0 Å². The standard InChI is InChI=1S/C18H18N2O4S2/c1-18(17(23)24,13-7-3-2-4-8-13)26-25-16-9-5-6-12-19(16)20-14(21)10-11-15(20)22/h2-9,12,16H,10-11H2,1H3,(H,23,24). The maximum atomic E-state index is 12.1. The van der Waals surface area contributed by atoms with Crippen LogP contribution in [0.1, 0.15) is 25.3 Å². The fourth-order valence-electron chi connectivity index (χ4n) is 2.66. The van der Waals surface area contributed by atoms with Gasteiger partial charge >= 0.3 is 5.97 Å². The van der Waals surface area contributed by atoms with Crippen LogP contribution in [0.3, 0.4) is 0 Å². The molecule has 1 aromatic rings. The van der Waals surface area contributed by atoms with Crippen molar-refractivity contribution in [1.82, 2.24) is 10.0 Å². The summed E-state index contributed by atoms with van der Waals surface area (Å²) in [6.45, 7) is 1.65. The Morgan fingerprint density at radius 3 is 2.42 bits per heavy atom. The van der Waals surface area contributed by atoms with Crippen molar-refractivity contribution in [3.63, 3.8) is 0 Å². The average Bonchev–Trinajstić information content (AvgIpc) is 2.99. The van der Waals surface area contributed by atoms with Gasteiger partial charge in [0.25, 0.3) is 0 Å². The number of hydrazine groups is 1. The molecule has 6 nitrogen and oxygen atoms in total. The molecule has 136 valence electrons. The number of carboxylic acids is 1. The first-order valence-electron chi connectivity index (χ1n) is 8.06. The molecule has 1 aromatic carbocycles. The molecule has 26 heavy (non-hydrogen) atoms. The quantitative estimate of drug-likeness (QED) is 0.590. The summed E-state index contributed by atoms with van der Waals surface area (Å²) in [5, 5.41) is 12.1. The second-order valence-corrected chi connectivity index (χ2v) is 8.72. The molecule has 0 bridgehead atoms. The smallest absolute Gasteiger partial charge is 0.324 e. The highest BCUT2D eigenvalue weighted by molar-refractivity contribution is 8.77. The summed E-state index contributed by atoms with van der Waals surface area (Å²) in [4.78, 5) is 36.0. The number of rotatable bonds is 6. The van der Waals surface area contributed by atoms with E-state index in [2.05, 4.69) is 0 Å². The van der Waals surface area contributed by atoms with Crippen molar-refractivity contribution in [2.75, 3.05) is 0 Å². The van der Waals surface area contributed by atoms with Gasteiger partial charge in [-0.3, -0.25) is 19.4 Å². The zero-order chi connectivity index (χ0) is 18.7. The number of carboxylic acid groups (broad SMARTS) is 1. The zero-order valence-corrected chi connectivity index (χ0v) is 15.7. The molecule has 0 saturated carbocycles. The molecule has 1 saturated heterocycles. The number of amides is 2. The lowest BCUT2D eigenvalue weighted by Gasteiger charge is -2.36. The van der Waals surface area contributed by atoms with Gasteiger partial charge in [0.1, 0.15) is 10.1 Å². The van der Waals surface area contributed by atoms with Gasteiger partial charge in [-0.2, -0.15) is 5.01 Å². The number of carbonyl (C=O) groups excluding carboxylic acids is 2. The normalized spacial score (nSPS) is 22.0. The fraction of sp³-hybridized carbons (Fsp3) is 0.278. The molecule has 3 rings (SSSR count). The first kappa shape index (κ1) is 18.6. The van der Waals surface area contributed by atoms with E-state index < -0.39 is 10.7 Å². The molecule has 8 heteroatoms. The summed E-state index contributed by atoms with van der Waals surface area (Å²) in [6, 6.07) is 9.01. The number of imide groups is 1. The molecule has 2 unspecified atom stereocenters. The summed E-state index contributed by atoms with van der Waals surface area (Å²) in [5.41, 5.74) is 0.681. The van der Waals surface area contributed by atoms with Crippen LogP contribution in [0, 0.1) is 0 Å². The number of aliphatic carboxylic acids is 1. The number of nitrogens with zero attached hydrogens (tertiary/aromatic N) is 2. The van der Waals surface area contributed by atoms with Crippen LogP contribution < -0.4 is 0 Å². The number of hydrogen-bond acceptors (Lipinski definition) is 6. The predicted octanol–water partition coefficient (Wildman–Crippen LogP) is 3.14. The topological polar surface area (TPSA) is 77.9 Å². The maximum absolute atomic E-state index is 12.1. The van der Waals surface area contributed by atoms with Crippen LogP contribution in [0.15, 0.2) is 54.8 Å². The Balaban J connectivity index is 1.79. The monoisotopic (exact) mass is 390 g/mol. The maximum Gasteiger partial charge on any atom is 0.324 e. The van der Waals surface area contributed by atoms with E-state index in [0.29, 0.717) is 5.56 Å². The molecule has 2 aliphatic rings. The number of benzene rings is 1. The lowest BCUT2D eigenvalue weighted by Crippen LogP contribution is -2.47. The van der Waals surface area contributed by atoms with Crippen LogP contribution >= 0.6 is 21.6 Å². The molecule has 0 radical (unpaired) electrons. The van der Waals surface area contributed by atoms with E-state index in [1.54, 1.807) is 48.5 Å². The summed E-state index contributed by atoms with van der Waals surface area (Å²) < 4.78 is -1.16. The molecule has 1 fully saturated rings. The largest absolute Gasteiger partial charge is 0.480 e. The molecule has 2 aliphatic heterocycles. The molecule has 0 aromatic heterocycles. The van der Waals surface area contributed by atoms with Crippen LogP contribution in [-0.2, 0) is 19.1 Å². The molecule has 1 N–H and O–H groups in total. The van der Waals surface area contributed by atoms with Gasteiger partial charge in [0, 0.05) is 19.0 Å². The Morgan fingerprint density at radius 1 is 1.15 bits per heavy atom. The Bertz CT molecular complexity index is 765. The van der Waals surface area contributed by atoms with Crippen molar-refractivity contribution in [2.45, 2.75) is 29.9 Å². The lowest BCUT2D eigenvalue weighted by atomic mass is 10.0. The van der Waals surface area contributed by atoms with Crippen molar-refractivity contribution >= 4 is 39.4 Å². The first-order valence-corrected chi connectivity index (χ1v) is 10.3. The lowest BCUT2D eigenvalue weighted by molar-refractivity contribution is -0.153. The molecule has 2 atom stereocenters. The highest BCUT2D eigenvalue weighted by Crippen LogP contribution is 2.47. The minimum absolute atomic E-state index is 0.203. The third-order valence-corrected chi connectivity index (χ3v) is 7.48. The molecule has 0 aliphatic carbocycles. The van der Waals surface area contributed by atoms with Gasteiger partial charge in [-0.1, -0.05) is 58.0 Å². The number of allylic oxidation sites excluding steroid dienone is 2. The minimum atomic E-state index is -1.16. The van der Waals surface area contributed by atoms with Crippen LogP contribution in [0.25, 0.3) is 0 Å². The van der Waals surface area contributed by atoms with Crippen molar-refractivity contribution in [3.05, 3.63) is 60.3 Å². The van der Waals surface area contributed by atoms with E-state index in [1.807, 2.05) is 18.2 Å². The number of carbonyl (C=O) groups is 3. The van der Waals surface area contributed by atoms with Gasteiger partial charge in [-0.25, -0.2) is 0 Å². The Hall–Kier alpha value is -2.19. The SMILES string of the molecule is CC(SSC1C=CC=CN1N1C(=O)CCC1=O)(C(=O)O)c1ccccc1. The minimum Gasteiger partial charge on any atom is -0.480 e. The molecule has 2 amide bonds. The third kappa shape index (κ3) is 3.52. The van der Waals surface area contributed by atoms with E-state index in [1.165, 1.54) is 21.6 Å². The van der Waals surface area contributed by atoms with E-state index in [-0.39, 0.29) is 30.0 Å². The second kappa shape index (κ2) is 7.59. The highest BCUT2D eigenvalue weighted by Gasteiger charge is 2.40. The fourth-order valence-corrected chi connectivity index (χ4v) is 5.49. The molecule has 2 heterocycles. The van der Waals surface area contributed by atoms with E-state index >= 15 is 0 Å². The Kier molecular flexibility index (Phi) is 5.43. The molecular formula is C18H18N2O4S2. The molecular weight excluding hydrogens is 372 g/mol. The summed E-state index contributed by atoms with van der Waals surface area (Å²) in [7, 11) is 2.50. The Morgan fingerprint density at radius 2 is 1.81 bits per heavy atom. The second-order valence-electron chi connectivity index (χ2n) is 5.98. The predicted molar refractivity (Wildman–Crippen MR) is 102 cm³/mol. The Labute approximate surface area is 159 Å². The van der Waals surface area contributed by atoms with Gasteiger partial charge in [-0.05, 0) is 24.6 Å². The average molecular weight is 390 g/mol. The van der Waals surface area contributed by atoms with Gasteiger partial charge < -0.3 is 5.11 Å². The van der Waals surface area contributed by atoms with Crippen LogP contribution in [0.2, 0.25) is 0 Å².